The van der Waals surface area contributed by atoms with Crippen LogP contribution in [-0.4, -0.2) is 15.0 Å². The number of benzene rings is 11. The molecule has 0 bridgehead atoms. The molecule has 11 aromatic carbocycles. The summed E-state index contributed by atoms with van der Waals surface area (Å²) in [4.78, 5) is 29.7. The van der Waals surface area contributed by atoms with Crippen LogP contribution in [-0.2, 0) is 0 Å². The Labute approximate surface area is 462 Å². The molecule has 0 unspecified atom stereocenters. The standard InChI is InChI=1S/C69H47N7S2/c1-4-18-48(19-5-1)67-70-68(49-32-36-53(37-33-49)73(51-20-6-2-7-21-51)55-40-44-57(45-41-55)75-59-24-10-14-28-63(59)77-64-29-15-11-25-60(64)75)72-69(71-67)50-34-38-54(39-35-50)74(52-22-8-3-9-23-52)56-42-46-58(47-43-56)76-61-26-12-16-30-65(61)78-66-31-17-13-27-62(66)76/h1-47H. The molecular formula is C69H47N7S2. The van der Waals surface area contributed by atoms with Gasteiger partial charge in [0.1, 0.15) is 0 Å². The van der Waals surface area contributed by atoms with Gasteiger partial charge in [-0.15, -0.1) is 0 Å². The summed E-state index contributed by atoms with van der Waals surface area (Å²) in [5, 5.41) is 0. The van der Waals surface area contributed by atoms with Crippen LogP contribution in [0.15, 0.2) is 305 Å². The average Bonchev–Trinajstić information content (AvgIpc) is 3.52. The van der Waals surface area contributed by atoms with Crippen molar-refractivity contribution in [1.29, 1.82) is 0 Å². The maximum atomic E-state index is 5.19. The molecule has 2 aliphatic rings. The van der Waals surface area contributed by atoms with E-state index < -0.39 is 0 Å². The van der Waals surface area contributed by atoms with E-state index in [2.05, 4.69) is 274 Å². The number of nitrogens with zero attached hydrogens (tertiary/aromatic N) is 7. The van der Waals surface area contributed by atoms with Crippen molar-refractivity contribution in [2.75, 3.05) is 19.6 Å². The number of para-hydroxylation sites is 6. The fourth-order valence-electron chi connectivity index (χ4n) is 10.4. The summed E-state index contributed by atoms with van der Waals surface area (Å²) in [6, 6.07) is 100. The molecule has 78 heavy (non-hydrogen) atoms. The van der Waals surface area contributed by atoms with Crippen molar-refractivity contribution in [3.8, 4) is 34.2 Å². The third-order valence-electron chi connectivity index (χ3n) is 14.1. The second-order valence-corrected chi connectivity index (χ2v) is 21.1. The summed E-state index contributed by atoms with van der Waals surface area (Å²) >= 11 is 3.64. The third kappa shape index (κ3) is 8.90. The smallest absolute Gasteiger partial charge is 0.164 e. The molecule has 0 saturated heterocycles. The molecule has 0 spiro atoms. The quantitative estimate of drug-likeness (QED) is 0.126. The van der Waals surface area contributed by atoms with Gasteiger partial charge in [-0.2, -0.15) is 0 Å². The van der Waals surface area contributed by atoms with Crippen molar-refractivity contribution in [1.82, 2.24) is 15.0 Å². The van der Waals surface area contributed by atoms with E-state index >= 15 is 0 Å². The van der Waals surface area contributed by atoms with Gasteiger partial charge in [-0.05, 0) is 170 Å². The minimum atomic E-state index is 0.592. The van der Waals surface area contributed by atoms with Gasteiger partial charge >= 0.3 is 0 Å². The van der Waals surface area contributed by atoms with Crippen LogP contribution >= 0.6 is 23.5 Å². The van der Waals surface area contributed by atoms with E-state index in [1.807, 2.05) is 53.9 Å². The van der Waals surface area contributed by atoms with Crippen molar-refractivity contribution < 1.29 is 0 Å². The minimum absolute atomic E-state index is 0.592. The van der Waals surface area contributed by atoms with Gasteiger partial charge in [0.25, 0.3) is 0 Å². The van der Waals surface area contributed by atoms with Crippen molar-refractivity contribution in [2.24, 2.45) is 0 Å². The Morgan fingerprint density at radius 2 is 0.474 bits per heavy atom. The number of rotatable bonds is 11. The largest absolute Gasteiger partial charge is 0.311 e. The van der Waals surface area contributed by atoms with Crippen LogP contribution in [0, 0.1) is 0 Å². The summed E-state index contributed by atoms with van der Waals surface area (Å²) in [7, 11) is 0. The zero-order valence-corrected chi connectivity index (χ0v) is 43.7. The normalized spacial score (nSPS) is 12.2. The van der Waals surface area contributed by atoms with Crippen LogP contribution < -0.4 is 19.6 Å². The third-order valence-corrected chi connectivity index (χ3v) is 16.3. The highest BCUT2D eigenvalue weighted by atomic mass is 32.2. The highest BCUT2D eigenvalue weighted by Gasteiger charge is 2.27. The Bertz CT molecular complexity index is 3750. The van der Waals surface area contributed by atoms with Crippen LogP contribution in [0.2, 0.25) is 0 Å². The number of anilines is 12. The molecule has 0 fully saturated rings. The molecule has 2 aliphatic heterocycles. The molecular weight excluding hydrogens is 991 g/mol. The Hall–Kier alpha value is -9.67. The number of hydrogen-bond donors (Lipinski definition) is 0. The molecule has 0 saturated carbocycles. The summed E-state index contributed by atoms with van der Waals surface area (Å²) in [6.45, 7) is 0. The van der Waals surface area contributed by atoms with Gasteiger partial charge in [-0.25, -0.2) is 15.0 Å². The van der Waals surface area contributed by atoms with Crippen LogP contribution in [0.25, 0.3) is 34.2 Å². The van der Waals surface area contributed by atoms with Crippen molar-refractivity contribution >= 4 is 91.8 Å². The van der Waals surface area contributed by atoms with Gasteiger partial charge in [-0.3, -0.25) is 0 Å². The molecule has 0 N–H and O–H groups in total. The average molecular weight is 1040 g/mol. The van der Waals surface area contributed by atoms with Gasteiger partial charge in [-0.1, -0.05) is 139 Å². The molecule has 9 heteroatoms. The molecule has 1 aromatic heterocycles. The van der Waals surface area contributed by atoms with Crippen molar-refractivity contribution in [3.05, 3.63) is 285 Å². The minimum Gasteiger partial charge on any atom is -0.311 e. The summed E-state index contributed by atoms with van der Waals surface area (Å²) in [5.74, 6) is 1.79. The summed E-state index contributed by atoms with van der Waals surface area (Å²) in [6.07, 6.45) is 0. The highest BCUT2D eigenvalue weighted by molar-refractivity contribution is 8.00. The van der Waals surface area contributed by atoms with E-state index in [0.717, 1.165) is 62.2 Å². The number of fused-ring (bicyclic) bond motifs is 4. The molecule has 14 rings (SSSR count). The lowest BCUT2D eigenvalue weighted by atomic mass is 10.1. The monoisotopic (exact) mass is 1040 g/mol. The first kappa shape index (κ1) is 46.8. The predicted octanol–water partition coefficient (Wildman–Crippen LogP) is 19.7. The molecule has 7 nitrogen and oxygen atoms in total. The SMILES string of the molecule is c1ccc(-c2nc(-c3ccc(N(c4ccccc4)c4ccc(N5c6ccccc6Sc6ccccc65)cc4)cc3)nc(-c3ccc(N(c4ccccc4)c4ccc(N5c6ccccc6Sc6ccccc65)cc4)cc3)n2)cc1. The topological polar surface area (TPSA) is 51.6 Å². The highest BCUT2D eigenvalue weighted by Crippen LogP contribution is 2.53. The first-order chi connectivity index (χ1) is 38.7. The zero-order valence-electron chi connectivity index (χ0n) is 42.1. The maximum Gasteiger partial charge on any atom is 0.164 e. The Morgan fingerprint density at radius 3 is 0.795 bits per heavy atom. The van der Waals surface area contributed by atoms with E-state index in [4.69, 9.17) is 15.0 Å². The van der Waals surface area contributed by atoms with E-state index in [1.165, 1.54) is 42.3 Å². The Kier molecular flexibility index (Phi) is 12.3. The predicted molar refractivity (Wildman–Crippen MR) is 323 cm³/mol. The lowest BCUT2D eigenvalue weighted by Crippen LogP contribution is -2.15. The van der Waals surface area contributed by atoms with Gasteiger partial charge in [0, 0.05) is 81.8 Å². The van der Waals surface area contributed by atoms with E-state index in [-0.39, 0.29) is 0 Å². The summed E-state index contributed by atoms with van der Waals surface area (Å²) < 4.78 is 0. The zero-order chi connectivity index (χ0) is 51.8. The fraction of sp³-hybridized carbons (Fsp3) is 0. The maximum absolute atomic E-state index is 5.19. The molecule has 12 aromatic rings. The van der Waals surface area contributed by atoms with Crippen LogP contribution in [0.1, 0.15) is 0 Å². The molecule has 0 aliphatic carbocycles. The second kappa shape index (κ2) is 20.5. The van der Waals surface area contributed by atoms with Gasteiger partial charge in [0.2, 0.25) is 0 Å². The van der Waals surface area contributed by atoms with E-state index in [1.54, 1.807) is 0 Å². The van der Waals surface area contributed by atoms with Crippen LogP contribution in [0.5, 0.6) is 0 Å². The molecule has 0 atom stereocenters. The molecule has 0 amide bonds. The first-order valence-electron chi connectivity index (χ1n) is 25.9. The van der Waals surface area contributed by atoms with Crippen LogP contribution in [0.3, 0.4) is 0 Å². The second-order valence-electron chi connectivity index (χ2n) is 18.9. The van der Waals surface area contributed by atoms with E-state index in [9.17, 15) is 0 Å². The van der Waals surface area contributed by atoms with E-state index in [0.29, 0.717) is 17.5 Å². The van der Waals surface area contributed by atoms with Crippen molar-refractivity contribution in [3.63, 3.8) is 0 Å². The van der Waals surface area contributed by atoms with Crippen molar-refractivity contribution in [2.45, 2.75) is 19.6 Å². The fourth-order valence-corrected chi connectivity index (χ4v) is 12.5. The first-order valence-corrected chi connectivity index (χ1v) is 27.6. The summed E-state index contributed by atoms with van der Waals surface area (Å²) in [5.41, 5.74) is 15.8. The number of aromatic nitrogens is 3. The van der Waals surface area contributed by atoms with Crippen LogP contribution in [0.4, 0.5) is 68.2 Å². The lowest BCUT2D eigenvalue weighted by molar-refractivity contribution is 1.07. The van der Waals surface area contributed by atoms with Gasteiger partial charge in [0.05, 0.1) is 22.7 Å². The Balaban J connectivity index is 0.786. The van der Waals surface area contributed by atoms with Gasteiger partial charge < -0.3 is 19.6 Å². The molecule has 3 heterocycles. The Morgan fingerprint density at radius 1 is 0.231 bits per heavy atom. The molecule has 370 valence electrons. The number of hydrogen-bond acceptors (Lipinski definition) is 9. The molecule has 0 radical (unpaired) electrons. The van der Waals surface area contributed by atoms with Gasteiger partial charge in [0.15, 0.2) is 17.5 Å². The lowest BCUT2D eigenvalue weighted by Gasteiger charge is -2.33.